The molecule has 1 unspecified atom stereocenters. The summed E-state index contributed by atoms with van der Waals surface area (Å²) >= 11 is 17.7. The minimum absolute atomic E-state index is 0.00562. The molecule has 0 fully saturated rings. The van der Waals surface area contributed by atoms with Crippen molar-refractivity contribution in [2.24, 2.45) is 0 Å². The van der Waals surface area contributed by atoms with Gasteiger partial charge in [0, 0.05) is 20.8 Å². The van der Waals surface area contributed by atoms with Gasteiger partial charge in [-0.25, -0.2) is 0 Å². The molecule has 2 nitrogen and oxygen atoms in total. The summed E-state index contributed by atoms with van der Waals surface area (Å²) in [4.78, 5) is 0. The van der Waals surface area contributed by atoms with Crippen LogP contribution in [0.15, 0.2) is 42.5 Å². The number of rotatable bonds is 5. The lowest BCUT2D eigenvalue weighted by Crippen LogP contribution is -2.22. The molecule has 0 bridgehead atoms. The van der Waals surface area contributed by atoms with Crippen molar-refractivity contribution in [3.8, 4) is 5.75 Å². The zero-order valence-electron chi connectivity index (χ0n) is 10.9. The van der Waals surface area contributed by atoms with Gasteiger partial charge in [-0.05, 0) is 49.4 Å². The van der Waals surface area contributed by atoms with Crippen molar-refractivity contribution in [2.75, 3.05) is 11.9 Å². The second-order valence-electron chi connectivity index (χ2n) is 4.42. The maximum atomic E-state index is 5.94. The highest BCUT2D eigenvalue weighted by Crippen LogP contribution is 2.22. The number of hydrogen-bond donors (Lipinski definition) is 1. The van der Waals surface area contributed by atoms with Gasteiger partial charge < -0.3 is 10.1 Å². The van der Waals surface area contributed by atoms with Crippen molar-refractivity contribution in [1.82, 2.24) is 0 Å². The van der Waals surface area contributed by atoms with Gasteiger partial charge in [0.2, 0.25) is 0 Å². The van der Waals surface area contributed by atoms with Crippen molar-refractivity contribution in [1.29, 1.82) is 0 Å². The van der Waals surface area contributed by atoms with E-state index in [2.05, 4.69) is 5.32 Å². The van der Waals surface area contributed by atoms with E-state index in [0.29, 0.717) is 21.6 Å². The molecule has 2 aromatic carbocycles. The van der Waals surface area contributed by atoms with Crippen LogP contribution in [0.1, 0.15) is 6.92 Å². The SMILES string of the molecule is CC(CNc1cc(Cl)cc(Cl)c1)Oc1ccc(Cl)cc1. The Hall–Kier alpha value is -1.09. The number of halogens is 3. The van der Waals surface area contributed by atoms with Crippen LogP contribution in [0.4, 0.5) is 5.69 Å². The molecule has 1 N–H and O–H groups in total. The van der Waals surface area contributed by atoms with E-state index in [1.165, 1.54) is 0 Å². The van der Waals surface area contributed by atoms with Gasteiger partial charge in [0.05, 0.1) is 6.54 Å². The quantitative estimate of drug-likeness (QED) is 0.778. The molecule has 0 spiro atoms. The minimum Gasteiger partial charge on any atom is -0.489 e. The summed E-state index contributed by atoms with van der Waals surface area (Å²) in [5.74, 6) is 0.785. The van der Waals surface area contributed by atoms with Crippen molar-refractivity contribution in [3.05, 3.63) is 57.5 Å². The van der Waals surface area contributed by atoms with Crippen LogP contribution in [0.2, 0.25) is 15.1 Å². The lowest BCUT2D eigenvalue weighted by atomic mass is 10.3. The zero-order chi connectivity index (χ0) is 14.5. The van der Waals surface area contributed by atoms with E-state index in [9.17, 15) is 0 Å². The number of ether oxygens (including phenoxy) is 1. The fraction of sp³-hybridized carbons (Fsp3) is 0.200. The summed E-state index contributed by atoms with van der Waals surface area (Å²) in [7, 11) is 0. The van der Waals surface area contributed by atoms with Gasteiger partial charge in [-0.15, -0.1) is 0 Å². The van der Waals surface area contributed by atoms with Crippen molar-refractivity contribution >= 4 is 40.5 Å². The normalized spacial score (nSPS) is 12.0. The fourth-order valence-corrected chi connectivity index (χ4v) is 2.36. The molecule has 0 heterocycles. The molecule has 0 radical (unpaired) electrons. The van der Waals surface area contributed by atoms with Crippen LogP contribution >= 0.6 is 34.8 Å². The van der Waals surface area contributed by atoms with E-state index >= 15 is 0 Å². The van der Waals surface area contributed by atoms with Crippen molar-refractivity contribution in [3.63, 3.8) is 0 Å². The van der Waals surface area contributed by atoms with Gasteiger partial charge >= 0.3 is 0 Å². The molecule has 0 aliphatic carbocycles. The molecule has 1 atom stereocenters. The molecule has 0 amide bonds. The van der Waals surface area contributed by atoms with E-state index in [0.717, 1.165) is 11.4 Å². The summed E-state index contributed by atoms with van der Waals surface area (Å²) < 4.78 is 5.76. The predicted octanol–water partition coefficient (Wildman–Crippen LogP) is 5.53. The van der Waals surface area contributed by atoms with Crippen LogP contribution in [-0.4, -0.2) is 12.6 Å². The van der Waals surface area contributed by atoms with Crippen molar-refractivity contribution in [2.45, 2.75) is 13.0 Å². The largest absolute Gasteiger partial charge is 0.489 e. The molecule has 0 saturated heterocycles. The molecule has 5 heteroatoms. The van der Waals surface area contributed by atoms with Gasteiger partial charge in [-0.3, -0.25) is 0 Å². The first-order valence-corrected chi connectivity index (χ1v) is 7.28. The van der Waals surface area contributed by atoms with Gasteiger partial charge in [0.25, 0.3) is 0 Å². The molecule has 2 aromatic rings. The lowest BCUT2D eigenvalue weighted by molar-refractivity contribution is 0.235. The Morgan fingerprint density at radius 1 is 0.950 bits per heavy atom. The second-order valence-corrected chi connectivity index (χ2v) is 5.73. The Labute approximate surface area is 133 Å². The smallest absolute Gasteiger partial charge is 0.119 e. The molecule has 0 aliphatic rings. The lowest BCUT2D eigenvalue weighted by Gasteiger charge is -2.16. The summed E-state index contributed by atoms with van der Waals surface area (Å²) in [6.07, 6.45) is -0.00562. The molecular weight excluding hydrogens is 317 g/mol. The molecule has 0 aliphatic heterocycles. The van der Waals surface area contributed by atoms with Crippen LogP contribution in [0.25, 0.3) is 0 Å². The van der Waals surface area contributed by atoms with Crippen LogP contribution in [0, 0.1) is 0 Å². The molecular formula is C15H14Cl3NO. The van der Waals surface area contributed by atoms with Crippen LogP contribution < -0.4 is 10.1 Å². The van der Waals surface area contributed by atoms with E-state index in [-0.39, 0.29) is 6.10 Å². The van der Waals surface area contributed by atoms with E-state index in [1.807, 2.05) is 31.2 Å². The summed E-state index contributed by atoms with van der Waals surface area (Å²) in [5, 5.41) is 5.14. The average molecular weight is 331 g/mol. The Kier molecular flexibility index (Phi) is 5.41. The Balaban J connectivity index is 1.88. The molecule has 20 heavy (non-hydrogen) atoms. The first-order valence-electron chi connectivity index (χ1n) is 6.15. The van der Waals surface area contributed by atoms with Crippen LogP contribution in [0.3, 0.4) is 0 Å². The third kappa shape index (κ3) is 4.78. The number of nitrogens with one attached hydrogen (secondary N) is 1. The third-order valence-electron chi connectivity index (χ3n) is 2.61. The van der Waals surface area contributed by atoms with E-state index < -0.39 is 0 Å². The highest BCUT2D eigenvalue weighted by molar-refractivity contribution is 6.35. The number of hydrogen-bond acceptors (Lipinski definition) is 2. The highest BCUT2D eigenvalue weighted by atomic mass is 35.5. The minimum atomic E-state index is -0.00562. The fourth-order valence-electron chi connectivity index (χ4n) is 1.70. The first-order chi connectivity index (χ1) is 9.52. The standard InChI is InChI=1S/C15H14Cl3NO/c1-10(20-15-4-2-11(16)3-5-15)9-19-14-7-12(17)6-13(18)8-14/h2-8,10,19H,9H2,1H3. The maximum Gasteiger partial charge on any atom is 0.119 e. The second kappa shape index (κ2) is 7.07. The van der Waals surface area contributed by atoms with E-state index in [4.69, 9.17) is 39.5 Å². The van der Waals surface area contributed by atoms with Gasteiger partial charge in [0.15, 0.2) is 0 Å². The first kappa shape index (κ1) is 15.3. The summed E-state index contributed by atoms with van der Waals surface area (Å²) in [6.45, 7) is 2.62. The van der Waals surface area contributed by atoms with E-state index in [1.54, 1.807) is 18.2 Å². The molecule has 0 aromatic heterocycles. The maximum absolute atomic E-state index is 5.94. The summed E-state index contributed by atoms with van der Waals surface area (Å²) in [5.41, 5.74) is 0.869. The Bertz CT molecular complexity index is 552. The van der Waals surface area contributed by atoms with Gasteiger partial charge in [0.1, 0.15) is 11.9 Å². The summed E-state index contributed by atoms with van der Waals surface area (Å²) in [6, 6.07) is 12.6. The van der Waals surface area contributed by atoms with Gasteiger partial charge in [-0.2, -0.15) is 0 Å². The highest BCUT2D eigenvalue weighted by Gasteiger charge is 2.05. The van der Waals surface area contributed by atoms with Crippen LogP contribution in [-0.2, 0) is 0 Å². The molecule has 106 valence electrons. The monoisotopic (exact) mass is 329 g/mol. The van der Waals surface area contributed by atoms with Gasteiger partial charge in [-0.1, -0.05) is 34.8 Å². The topological polar surface area (TPSA) is 21.3 Å². The van der Waals surface area contributed by atoms with Crippen molar-refractivity contribution < 1.29 is 4.74 Å². The third-order valence-corrected chi connectivity index (χ3v) is 3.30. The number of anilines is 1. The zero-order valence-corrected chi connectivity index (χ0v) is 13.1. The Morgan fingerprint density at radius 2 is 1.55 bits per heavy atom. The number of benzene rings is 2. The Morgan fingerprint density at radius 3 is 2.15 bits per heavy atom. The average Bonchev–Trinajstić information content (AvgIpc) is 2.38. The predicted molar refractivity (Wildman–Crippen MR) is 86.5 cm³/mol. The van der Waals surface area contributed by atoms with Crippen LogP contribution in [0.5, 0.6) is 5.75 Å². The molecule has 0 saturated carbocycles. The molecule has 2 rings (SSSR count).